The Hall–Kier alpha value is -2.83. The van der Waals surface area contributed by atoms with Gasteiger partial charge in [-0.3, -0.25) is 4.79 Å². The number of nitrogens with zero attached hydrogens (tertiary/aromatic N) is 3. The van der Waals surface area contributed by atoms with Gasteiger partial charge in [-0.05, 0) is 42.3 Å². The smallest absolute Gasteiger partial charge is 0.356 e. The number of amides is 1. The Morgan fingerprint density at radius 2 is 1.76 bits per heavy atom. The Balaban J connectivity index is 2.03. The zero-order valence-corrected chi connectivity index (χ0v) is 13.7. The number of likely N-dealkylation sites (N-methyl/N-ethyl adjacent to an activating group) is 1. The van der Waals surface area contributed by atoms with Crippen LogP contribution in [0.2, 0.25) is 0 Å². The van der Waals surface area contributed by atoms with E-state index in [-0.39, 0.29) is 5.91 Å². The lowest BCUT2D eigenvalue weighted by Crippen LogP contribution is -2.46. The number of allylic oxidation sites excluding steroid dienone is 3. The van der Waals surface area contributed by atoms with Crippen LogP contribution in [-0.4, -0.2) is 34.7 Å². The van der Waals surface area contributed by atoms with Crippen LogP contribution in [0.5, 0.6) is 0 Å². The van der Waals surface area contributed by atoms with Crippen molar-refractivity contribution in [3.05, 3.63) is 65.9 Å². The van der Waals surface area contributed by atoms with Crippen molar-refractivity contribution < 1.29 is 18.0 Å². The van der Waals surface area contributed by atoms with E-state index in [1.54, 1.807) is 43.3 Å². The standard InChI is InChI=1S/C18H16F3N3O/c1-12-3-4-14(13-5-7-15(8-6-13)18(19,20)21)11-16-23(2)10-9-17(25)24(16)22-12/h3-11,16H,1-2H3/b4-3-,14-11?,22-12-. The fourth-order valence-corrected chi connectivity index (χ4v) is 2.62. The summed E-state index contributed by atoms with van der Waals surface area (Å²) in [6, 6.07) is 4.96. The van der Waals surface area contributed by atoms with Crippen LogP contribution in [0.4, 0.5) is 13.2 Å². The number of hydrogen-bond acceptors (Lipinski definition) is 3. The summed E-state index contributed by atoms with van der Waals surface area (Å²) in [6.45, 7) is 1.76. The summed E-state index contributed by atoms with van der Waals surface area (Å²) in [7, 11) is 1.80. The van der Waals surface area contributed by atoms with Gasteiger partial charge in [0.15, 0.2) is 0 Å². The first-order chi connectivity index (χ1) is 11.8. The maximum absolute atomic E-state index is 12.7. The monoisotopic (exact) mass is 347 g/mol. The second kappa shape index (κ2) is 6.23. The number of carbonyl (C=O) groups is 1. The van der Waals surface area contributed by atoms with Crippen molar-refractivity contribution in [3.63, 3.8) is 0 Å². The average molecular weight is 347 g/mol. The van der Waals surface area contributed by atoms with Gasteiger partial charge in [0.05, 0.1) is 11.3 Å². The number of hydrazone groups is 1. The molecule has 0 aliphatic carbocycles. The van der Waals surface area contributed by atoms with Gasteiger partial charge in [-0.2, -0.15) is 18.3 Å². The number of hydrogen-bond donors (Lipinski definition) is 0. The Bertz CT molecular complexity index is 804. The lowest BCUT2D eigenvalue weighted by molar-refractivity contribution is -0.137. The maximum atomic E-state index is 12.7. The van der Waals surface area contributed by atoms with E-state index < -0.39 is 17.9 Å². The fraction of sp³-hybridized carbons (Fsp3) is 0.222. The molecule has 1 unspecified atom stereocenters. The summed E-state index contributed by atoms with van der Waals surface area (Å²) >= 11 is 0. The largest absolute Gasteiger partial charge is 0.416 e. The lowest BCUT2D eigenvalue weighted by Gasteiger charge is -2.35. The van der Waals surface area contributed by atoms with E-state index in [0.717, 1.165) is 12.1 Å². The van der Waals surface area contributed by atoms with E-state index in [9.17, 15) is 18.0 Å². The van der Waals surface area contributed by atoms with Crippen molar-refractivity contribution in [3.8, 4) is 0 Å². The molecule has 1 amide bonds. The highest BCUT2D eigenvalue weighted by atomic mass is 19.4. The van der Waals surface area contributed by atoms with Crippen molar-refractivity contribution in [1.82, 2.24) is 9.91 Å². The zero-order chi connectivity index (χ0) is 18.2. The quantitative estimate of drug-likeness (QED) is 0.777. The zero-order valence-electron chi connectivity index (χ0n) is 13.7. The molecule has 0 fully saturated rings. The van der Waals surface area contributed by atoms with E-state index in [0.29, 0.717) is 16.8 Å². The molecule has 0 radical (unpaired) electrons. The molecule has 4 nitrogen and oxygen atoms in total. The first-order valence-electron chi connectivity index (χ1n) is 7.62. The molecular weight excluding hydrogens is 331 g/mol. The molecule has 0 bridgehead atoms. The molecule has 0 aromatic heterocycles. The minimum Gasteiger partial charge on any atom is -0.356 e. The third kappa shape index (κ3) is 3.50. The normalized spacial score (nSPS) is 24.0. The Morgan fingerprint density at radius 3 is 2.40 bits per heavy atom. The van der Waals surface area contributed by atoms with Gasteiger partial charge in [0.2, 0.25) is 0 Å². The van der Waals surface area contributed by atoms with Gasteiger partial charge < -0.3 is 4.90 Å². The SMILES string of the molecule is CC1=N/N2C(=O)C=CN(C)C2C=C(c2ccc(C(F)(F)F)cc2)/C=C\1. The van der Waals surface area contributed by atoms with Crippen LogP contribution in [0.25, 0.3) is 5.57 Å². The number of rotatable bonds is 1. The fourth-order valence-electron chi connectivity index (χ4n) is 2.62. The molecule has 0 saturated carbocycles. The molecule has 0 N–H and O–H groups in total. The second-order valence-corrected chi connectivity index (χ2v) is 5.85. The molecule has 1 atom stereocenters. The molecule has 2 aliphatic rings. The van der Waals surface area contributed by atoms with Crippen molar-refractivity contribution in [2.24, 2.45) is 5.10 Å². The van der Waals surface area contributed by atoms with Crippen LogP contribution in [0, 0.1) is 0 Å². The minimum atomic E-state index is -4.37. The first-order valence-corrected chi connectivity index (χ1v) is 7.62. The molecule has 7 heteroatoms. The summed E-state index contributed by atoms with van der Waals surface area (Å²) in [5.74, 6) is -0.249. The van der Waals surface area contributed by atoms with Gasteiger partial charge in [0.25, 0.3) is 5.91 Å². The highest BCUT2D eigenvalue weighted by Crippen LogP contribution is 2.31. The summed E-state index contributed by atoms with van der Waals surface area (Å²) in [5, 5.41) is 5.64. The number of alkyl halides is 3. The van der Waals surface area contributed by atoms with Crippen LogP contribution in [0.3, 0.4) is 0 Å². The van der Waals surface area contributed by atoms with Crippen LogP contribution in [0.15, 0.2) is 59.9 Å². The highest BCUT2D eigenvalue weighted by molar-refractivity contribution is 5.98. The maximum Gasteiger partial charge on any atom is 0.416 e. The van der Waals surface area contributed by atoms with Gasteiger partial charge >= 0.3 is 6.18 Å². The van der Waals surface area contributed by atoms with E-state index in [1.807, 2.05) is 0 Å². The molecule has 25 heavy (non-hydrogen) atoms. The molecule has 130 valence electrons. The third-order valence-corrected chi connectivity index (χ3v) is 3.99. The molecular formula is C18H16F3N3O. The molecule has 0 saturated heterocycles. The Labute approximate surface area is 143 Å². The van der Waals surface area contributed by atoms with Crippen molar-refractivity contribution in [2.75, 3.05) is 7.05 Å². The van der Waals surface area contributed by atoms with E-state index in [4.69, 9.17) is 0 Å². The van der Waals surface area contributed by atoms with Gasteiger partial charge in [0, 0.05) is 19.3 Å². The topological polar surface area (TPSA) is 35.9 Å². The van der Waals surface area contributed by atoms with E-state index in [1.165, 1.54) is 23.2 Å². The van der Waals surface area contributed by atoms with Crippen LogP contribution >= 0.6 is 0 Å². The summed E-state index contributed by atoms with van der Waals surface area (Å²) in [5.41, 5.74) is 1.28. The number of halogens is 3. The molecule has 1 aromatic rings. The predicted molar refractivity (Wildman–Crippen MR) is 89.2 cm³/mol. The van der Waals surface area contributed by atoms with Crippen molar-refractivity contribution >= 4 is 17.2 Å². The second-order valence-electron chi connectivity index (χ2n) is 5.85. The Kier molecular flexibility index (Phi) is 4.24. The number of fused-ring (bicyclic) bond motifs is 1. The molecule has 1 aromatic carbocycles. The molecule has 2 aliphatic heterocycles. The molecule has 0 spiro atoms. The number of benzene rings is 1. The summed E-state index contributed by atoms with van der Waals surface area (Å²) in [6.07, 6.45) is 3.57. The van der Waals surface area contributed by atoms with Gasteiger partial charge in [0.1, 0.15) is 6.17 Å². The van der Waals surface area contributed by atoms with E-state index >= 15 is 0 Å². The van der Waals surface area contributed by atoms with Crippen LogP contribution < -0.4 is 0 Å². The van der Waals surface area contributed by atoms with Crippen molar-refractivity contribution in [1.29, 1.82) is 0 Å². The van der Waals surface area contributed by atoms with E-state index in [2.05, 4.69) is 5.10 Å². The first kappa shape index (κ1) is 17.0. The lowest BCUT2D eigenvalue weighted by atomic mass is 10.0. The molecule has 3 rings (SSSR count). The number of carbonyl (C=O) groups excluding carboxylic acids is 1. The van der Waals surface area contributed by atoms with Crippen LogP contribution in [0.1, 0.15) is 18.1 Å². The molecule has 2 heterocycles. The van der Waals surface area contributed by atoms with Gasteiger partial charge in [-0.25, -0.2) is 5.01 Å². The Morgan fingerprint density at radius 1 is 1.08 bits per heavy atom. The van der Waals surface area contributed by atoms with Crippen molar-refractivity contribution in [2.45, 2.75) is 19.3 Å². The van der Waals surface area contributed by atoms with Crippen LogP contribution in [-0.2, 0) is 11.0 Å². The van der Waals surface area contributed by atoms with Gasteiger partial charge in [-0.15, -0.1) is 0 Å². The minimum absolute atomic E-state index is 0.249. The third-order valence-electron chi connectivity index (χ3n) is 3.99. The van der Waals surface area contributed by atoms with Gasteiger partial charge in [-0.1, -0.05) is 18.2 Å². The predicted octanol–water partition coefficient (Wildman–Crippen LogP) is 3.65. The summed E-state index contributed by atoms with van der Waals surface area (Å²) < 4.78 is 38.2. The highest BCUT2D eigenvalue weighted by Gasteiger charge is 2.30. The average Bonchev–Trinajstić information content (AvgIpc) is 2.54. The summed E-state index contributed by atoms with van der Waals surface area (Å²) in [4.78, 5) is 13.9.